The second-order valence-corrected chi connectivity index (χ2v) is 8.84. The molecule has 0 aliphatic carbocycles. The van der Waals surface area contributed by atoms with Crippen molar-refractivity contribution in [2.24, 2.45) is 0 Å². The number of rotatable bonds is 4. The van der Waals surface area contributed by atoms with Crippen LogP contribution in [0.25, 0.3) is 0 Å². The molecule has 4 N–H and O–H groups in total. The molecule has 10 heteroatoms. The van der Waals surface area contributed by atoms with Crippen LogP contribution in [0.2, 0.25) is 0 Å². The monoisotopic (exact) mass is 436 g/mol. The van der Waals surface area contributed by atoms with Crippen molar-refractivity contribution in [2.45, 2.75) is 13.8 Å². The molecule has 2 rings (SSSR count). The molecule has 0 spiro atoms. The Morgan fingerprint density at radius 2 is 1.85 bits per heavy atom. The summed E-state index contributed by atoms with van der Waals surface area (Å²) in [6, 6.07) is 12.3. The number of carbonyl (C=O) groups excluding carboxylic acids is 1. The quantitative estimate of drug-likeness (QED) is 0.317. The van der Waals surface area contributed by atoms with Crippen molar-refractivity contribution in [1.29, 1.82) is 5.26 Å². The first-order valence-corrected chi connectivity index (χ1v) is 10.7. The summed E-state index contributed by atoms with van der Waals surface area (Å²) in [6.45, 7) is 3.03. The smallest absolute Gasteiger partial charge is 0.335 e. The number of para-hydroxylation sites is 1. The summed E-state index contributed by atoms with van der Waals surface area (Å²) in [4.78, 5) is 21.3. The van der Waals surface area contributed by atoms with E-state index in [-0.39, 0.29) is 21.5 Å². The van der Waals surface area contributed by atoms with Crippen molar-refractivity contribution in [3.05, 3.63) is 59.2 Å². The zero-order chi connectivity index (χ0) is 20.6. The Kier molecular flexibility index (Phi) is 7.96. The Labute approximate surface area is 157 Å². The first kappa shape index (κ1) is 22.1. The molecule has 0 saturated carbocycles. The van der Waals surface area contributed by atoms with Gasteiger partial charge in [-0.05, 0) is 30.7 Å². The van der Waals surface area contributed by atoms with E-state index in [1.807, 2.05) is 6.07 Å². The van der Waals surface area contributed by atoms with Crippen molar-refractivity contribution in [1.82, 2.24) is 0 Å². The molecule has 0 bridgehead atoms. The molecule has 0 fully saturated rings. The summed E-state index contributed by atoms with van der Waals surface area (Å²) in [5, 5.41) is 27.8. The van der Waals surface area contributed by atoms with E-state index < -0.39 is 20.1 Å². The SMILES string of the molecule is CC(=O)Nc1ccccc1[As](=O)(O)OO.Cc1cc(C#N)cc(C(=O)O)c1. The fraction of sp³-hybridized carbons (Fsp3) is 0.118. The molecule has 2 aromatic rings. The minimum atomic E-state index is -4.92. The minimum Gasteiger partial charge on any atom is -0.478 e. The van der Waals surface area contributed by atoms with Gasteiger partial charge in [-0.25, -0.2) is 4.79 Å². The van der Waals surface area contributed by atoms with Gasteiger partial charge in [0.15, 0.2) is 0 Å². The Hall–Kier alpha value is -2.89. The van der Waals surface area contributed by atoms with Gasteiger partial charge in [0.2, 0.25) is 0 Å². The molecular formula is C17H17AsN2O7. The number of aryl methyl sites for hydroxylation is 1. The van der Waals surface area contributed by atoms with E-state index in [9.17, 15) is 17.4 Å². The molecule has 9 nitrogen and oxygen atoms in total. The Bertz CT molecular complexity index is 937. The van der Waals surface area contributed by atoms with Crippen LogP contribution in [-0.2, 0) is 12.4 Å². The molecule has 1 unspecified atom stereocenters. The van der Waals surface area contributed by atoms with E-state index in [0.717, 1.165) is 5.56 Å². The molecule has 27 heavy (non-hydrogen) atoms. The molecule has 0 aliphatic heterocycles. The van der Waals surface area contributed by atoms with Gasteiger partial charge in [-0.1, -0.05) is 0 Å². The zero-order valence-electron chi connectivity index (χ0n) is 14.4. The largest absolute Gasteiger partial charge is 0.478 e. The van der Waals surface area contributed by atoms with Crippen molar-refractivity contribution in [3.63, 3.8) is 0 Å². The van der Waals surface area contributed by atoms with Crippen LogP contribution in [-0.4, -0.2) is 40.5 Å². The molecule has 1 atom stereocenters. The number of carboxylic acid groups (broad SMARTS) is 1. The fourth-order valence-corrected chi connectivity index (χ4v) is 3.70. The maximum atomic E-state index is 11.4. The number of anilines is 1. The third-order valence-electron chi connectivity index (χ3n) is 3.08. The first-order chi connectivity index (χ1) is 12.6. The number of hydrogen-bond donors (Lipinski definition) is 4. The van der Waals surface area contributed by atoms with Crippen molar-refractivity contribution in [3.8, 4) is 6.07 Å². The Balaban J connectivity index is 0.000000277. The van der Waals surface area contributed by atoms with E-state index >= 15 is 0 Å². The van der Waals surface area contributed by atoms with Crippen LogP contribution in [0.4, 0.5) is 5.69 Å². The maximum Gasteiger partial charge on any atom is 0.335 e. The summed E-state index contributed by atoms with van der Waals surface area (Å²) in [6.07, 6.45) is 0. The number of amides is 1. The number of carboxylic acids is 1. The van der Waals surface area contributed by atoms with E-state index in [1.165, 1.54) is 37.3 Å². The van der Waals surface area contributed by atoms with Gasteiger partial charge in [0.25, 0.3) is 0 Å². The molecule has 1 amide bonds. The summed E-state index contributed by atoms with van der Waals surface area (Å²) >= 11 is -4.92. The summed E-state index contributed by atoms with van der Waals surface area (Å²) < 4.78 is 24.1. The molecule has 0 saturated heterocycles. The standard InChI is InChI=1S/C9H7NO2.C8H10AsNO5/c1-6-2-7(5-10)4-8(3-6)9(11)12;1-6(11)10-8-5-3-2-4-7(8)9(12,13)15-14/h2-4H,1H3,(H,11,12);2-5,14H,1H3,(H,10,11)(H,12,13). The normalized spacial score (nSPS) is 12.0. The molecule has 0 aromatic heterocycles. The van der Waals surface area contributed by atoms with Crippen molar-refractivity contribution >= 4 is 36.1 Å². The topological polar surface area (TPSA) is 157 Å². The second kappa shape index (κ2) is 9.71. The van der Waals surface area contributed by atoms with Crippen LogP contribution in [0.15, 0.2) is 42.5 Å². The number of hydrogen-bond acceptors (Lipinski definition) is 6. The molecule has 0 radical (unpaired) electrons. The van der Waals surface area contributed by atoms with Gasteiger partial charge in [-0.15, -0.1) is 0 Å². The summed E-state index contributed by atoms with van der Waals surface area (Å²) in [5.74, 6) is -1.38. The van der Waals surface area contributed by atoms with Gasteiger partial charge >= 0.3 is 94.4 Å². The van der Waals surface area contributed by atoms with Gasteiger partial charge in [-0.3, -0.25) is 0 Å². The maximum absolute atomic E-state index is 11.4. The third kappa shape index (κ3) is 6.73. The van der Waals surface area contributed by atoms with Gasteiger partial charge < -0.3 is 5.11 Å². The van der Waals surface area contributed by atoms with Crippen LogP contribution < -0.4 is 9.67 Å². The average Bonchev–Trinajstić information content (AvgIpc) is 2.61. The van der Waals surface area contributed by atoms with Gasteiger partial charge in [0.1, 0.15) is 0 Å². The summed E-state index contributed by atoms with van der Waals surface area (Å²) in [5.41, 5.74) is 1.48. The third-order valence-corrected chi connectivity index (χ3v) is 5.64. The van der Waals surface area contributed by atoms with Gasteiger partial charge in [0, 0.05) is 0 Å². The number of nitriles is 1. The van der Waals surface area contributed by atoms with E-state index in [4.69, 9.17) is 15.6 Å². The summed E-state index contributed by atoms with van der Waals surface area (Å²) in [7, 11) is 0. The number of nitrogens with one attached hydrogen (secondary N) is 1. The Morgan fingerprint density at radius 3 is 2.37 bits per heavy atom. The first-order valence-electron chi connectivity index (χ1n) is 7.39. The molecule has 0 heterocycles. The van der Waals surface area contributed by atoms with Crippen LogP contribution in [0.3, 0.4) is 0 Å². The number of nitrogens with zero attached hydrogens (tertiary/aromatic N) is 1. The van der Waals surface area contributed by atoms with Crippen LogP contribution >= 0.6 is 0 Å². The van der Waals surface area contributed by atoms with Gasteiger partial charge in [-0.2, -0.15) is 5.26 Å². The Morgan fingerprint density at radius 1 is 1.22 bits per heavy atom. The number of aromatic carboxylic acids is 1. The van der Waals surface area contributed by atoms with Gasteiger partial charge in [0.05, 0.1) is 17.2 Å². The average molecular weight is 436 g/mol. The fourth-order valence-electron chi connectivity index (χ4n) is 2.03. The number of carbonyl (C=O) groups is 2. The molecule has 142 valence electrons. The minimum absolute atomic E-state index is 0.103. The van der Waals surface area contributed by atoms with Crippen LogP contribution in [0, 0.1) is 18.3 Å². The zero-order valence-corrected chi connectivity index (χ0v) is 16.3. The van der Waals surface area contributed by atoms with E-state index in [1.54, 1.807) is 19.1 Å². The van der Waals surface area contributed by atoms with Crippen LogP contribution in [0.5, 0.6) is 0 Å². The van der Waals surface area contributed by atoms with E-state index in [2.05, 4.69) is 9.19 Å². The second-order valence-electron chi connectivity index (χ2n) is 5.31. The van der Waals surface area contributed by atoms with E-state index in [0.29, 0.717) is 5.56 Å². The van der Waals surface area contributed by atoms with Crippen molar-refractivity contribution in [2.75, 3.05) is 5.32 Å². The predicted molar refractivity (Wildman–Crippen MR) is 95.6 cm³/mol. The number of benzene rings is 2. The molecule has 2 aromatic carbocycles. The predicted octanol–water partition coefficient (Wildman–Crippen LogP) is 1.27. The molecular weight excluding hydrogens is 419 g/mol. The van der Waals surface area contributed by atoms with Crippen molar-refractivity contribution < 1.29 is 31.7 Å². The van der Waals surface area contributed by atoms with Crippen LogP contribution in [0.1, 0.15) is 28.4 Å². The molecule has 0 aliphatic rings.